The van der Waals surface area contributed by atoms with Crippen molar-refractivity contribution in [2.24, 2.45) is 0 Å². The minimum atomic E-state index is -0.432. The van der Waals surface area contributed by atoms with Crippen LogP contribution >= 0.6 is 0 Å². The van der Waals surface area contributed by atoms with Crippen LogP contribution in [-0.4, -0.2) is 21.1 Å². The van der Waals surface area contributed by atoms with Crippen LogP contribution in [0, 0.1) is 5.82 Å². The first kappa shape index (κ1) is 16.9. The van der Waals surface area contributed by atoms with E-state index < -0.39 is 5.97 Å². The van der Waals surface area contributed by atoms with Crippen molar-refractivity contribution in [2.75, 3.05) is 0 Å². The third-order valence-electron chi connectivity index (χ3n) is 3.81. The van der Waals surface area contributed by atoms with Crippen LogP contribution in [0.15, 0.2) is 57.5 Å². The number of esters is 1. The molecular formula is C19H14FN3O4. The maximum atomic E-state index is 12.9. The van der Waals surface area contributed by atoms with E-state index in [2.05, 4.69) is 15.1 Å². The summed E-state index contributed by atoms with van der Waals surface area (Å²) in [5.41, 5.74) is 1.98. The number of carbonyl (C=O) groups excluding carboxylic acids is 1. The van der Waals surface area contributed by atoms with Gasteiger partial charge in [0.25, 0.3) is 0 Å². The van der Waals surface area contributed by atoms with Gasteiger partial charge in [-0.1, -0.05) is 17.3 Å². The van der Waals surface area contributed by atoms with Gasteiger partial charge in [-0.05, 0) is 36.4 Å². The van der Waals surface area contributed by atoms with Crippen molar-refractivity contribution in [2.45, 2.75) is 19.4 Å². The normalized spacial score (nSPS) is 11.0. The molecule has 2 aromatic carbocycles. The molecule has 0 saturated carbocycles. The lowest BCUT2D eigenvalue weighted by atomic mass is 10.2. The molecule has 0 N–H and O–H groups in total. The summed E-state index contributed by atoms with van der Waals surface area (Å²) in [5.74, 6) is 0.196. The molecule has 2 aromatic heterocycles. The zero-order chi connectivity index (χ0) is 18.6. The third kappa shape index (κ3) is 4.00. The van der Waals surface area contributed by atoms with Gasteiger partial charge in [0.1, 0.15) is 11.3 Å². The van der Waals surface area contributed by atoms with E-state index in [0.717, 1.165) is 0 Å². The standard InChI is InChI=1S/C19H14FN3O4/c20-13-7-5-12(6-8-13)19-22-16(27-23-19)9-10-18(24)25-11-17-21-14-3-1-2-4-15(14)26-17/h1-8H,9-11H2. The Kier molecular flexibility index (Phi) is 4.61. The average molecular weight is 367 g/mol. The van der Waals surface area contributed by atoms with Gasteiger partial charge in [0.15, 0.2) is 12.2 Å². The second-order valence-electron chi connectivity index (χ2n) is 5.75. The summed E-state index contributed by atoms with van der Waals surface area (Å²) in [4.78, 5) is 20.3. The molecule has 0 saturated heterocycles. The second-order valence-corrected chi connectivity index (χ2v) is 5.75. The summed E-state index contributed by atoms with van der Waals surface area (Å²) in [5, 5.41) is 3.83. The number of oxazole rings is 1. The van der Waals surface area contributed by atoms with Gasteiger partial charge in [0, 0.05) is 12.0 Å². The number of fused-ring (bicyclic) bond motifs is 1. The zero-order valence-electron chi connectivity index (χ0n) is 14.1. The molecule has 0 fully saturated rings. The van der Waals surface area contributed by atoms with Crippen molar-refractivity contribution < 1.29 is 22.9 Å². The van der Waals surface area contributed by atoms with Gasteiger partial charge in [-0.15, -0.1) is 0 Å². The highest BCUT2D eigenvalue weighted by Gasteiger charge is 2.13. The first-order chi connectivity index (χ1) is 13.2. The van der Waals surface area contributed by atoms with Crippen LogP contribution in [0.25, 0.3) is 22.5 Å². The number of nitrogens with zero attached hydrogens (tertiary/aromatic N) is 3. The van der Waals surface area contributed by atoms with Crippen molar-refractivity contribution in [1.82, 2.24) is 15.1 Å². The molecular weight excluding hydrogens is 353 g/mol. The Labute approximate surface area is 152 Å². The van der Waals surface area contributed by atoms with Crippen molar-refractivity contribution in [3.63, 3.8) is 0 Å². The Morgan fingerprint density at radius 3 is 2.67 bits per heavy atom. The quantitative estimate of drug-likeness (QED) is 0.480. The van der Waals surface area contributed by atoms with E-state index in [4.69, 9.17) is 13.7 Å². The van der Waals surface area contributed by atoms with Gasteiger partial charge in [-0.25, -0.2) is 9.37 Å². The van der Waals surface area contributed by atoms with Crippen LogP contribution < -0.4 is 0 Å². The van der Waals surface area contributed by atoms with Crippen LogP contribution in [0.2, 0.25) is 0 Å². The Morgan fingerprint density at radius 2 is 1.85 bits per heavy atom. The SMILES string of the molecule is O=C(CCc1nc(-c2ccc(F)cc2)no1)OCc1nc2ccccc2o1. The summed E-state index contributed by atoms with van der Waals surface area (Å²) in [7, 11) is 0. The van der Waals surface area contributed by atoms with E-state index in [1.54, 1.807) is 18.2 Å². The van der Waals surface area contributed by atoms with Crippen LogP contribution in [0.1, 0.15) is 18.2 Å². The highest BCUT2D eigenvalue weighted by Crippen LogP contribution is 2.17. The fourth-order valence-corrected chi connectivity index (χ4v) is 2.48. The van der Waals surface area contributed by atoms with Gasteiger partial charge in [-0.3, -0.25) is 4.79 Å². The number of carbonyl (C=O) groups is 1. The van der Waals surface area contributed by atoms with E-state index in [-0.39, 0.29) is 25.3 Å². The number of para-hydroxylation sites is 2. The lowest BCUT2D eigenvalue weighted by Crippen LogP contribution is -2.06. The first-order valence-electron chi connectivity index (χ1n) is 8.26. The lowest BCUT2D eigenvalue weighted by molar-refractivity contribution is -0.145. The number of aromatic nitrogens is 3. The van der Waals surface area contributed by atoms with E-state index in [9.17, 15) is 9.18 Å². The summed E-state index contributed by atoms with van der Waals surface area (Å²) in [6, 6.07) is 13.0. The van der Waals surface area contributed by atoms with Gasteiger partial charge < -0.3 is 13.7 Å². The minimum absolute atomic E-state index is 0.0435. The van der Waals surface area contributed by atoms with Crippen LogP contribution in [0.3, 0.4) is 0 Å². The molecule has 0 aliphatic carbocycles. The summed E-state index contributed by atoms with van der Waals surface area (Å²) in [6.07, 6.45) is 0.311. The number of aryl methyl sites for hydroxylation is 1. The Bertz CT molecular complexity index is 1040. The molecule has 7 nitrogen and oxygen atoms in total. The average Bonchev–Trinajstić information content (AvgIpc) is 3.32. The molecule has 136 valence electrons. The number of halogens is 1. The van der Waals surface area contributed by atoms with E-state index in [1.807, 2.05) is 18.2 Å². The second kappa shape index (κ2) is 7.36. The van der Waals surface area contributed by atoms with Crippen molar-refractivity contribution in [1.29, 1.82) is 0 Å². The fourth-order valence-electron chi connectivity index (χ4n) is 2.48. The van der Waals surface area contributed by atoms with E-state index in [1.165, 1.54) is 12.1 Å². The molecule has 0 radical (unpaired) electrons. The van der Waals surface area contributed by atoms with Gasteiger partial charge in [0.05, 0.1) is 6.42 Å². The Hall–Kier alpha value is -3.55. The topological polar surface area (TPSA) is 91.2 Å². The summed E-state index contributed by atoms with van der Waals surface area (Å²) in [6.45, 7) is -0.0435. The van der Waals surface area contributed by atoms with Gasteiger partial charge in [-0.2, -0.15) is 4.98 Å². The molecule has 27 heavy (non-hydrogen) atoms. The predicted octanol–water partition coefficient (Wildman–Crippen LogP) is 3.69. The maximum absolute atomic E-state index is 12.9. The highest BCUT2D eigenvalue weighted by atomic mass is 19.1. The smallest absolute Gasteiger partial charge is 0.306 e. The van der Waals surface area contributed by atoms with Gasteiger partial charge in [0.2, 0.25) is 17.6 Å². The number of ether oxygens (including phenoxy) is 1. The highest BCUT2D eigenvalue weighted by molar-refractivity contribution is 5.72. The van der Waals surface area contributed by atoms with Gasteiger partial charge >= 0.3 is 5.97 Å². The number of hydrogen-bond acceptors (Lipinski definition) is 7. The van der Waals surface area contributed by atoms with Crippen molar-refractivity contribution in [3.05, 3.63) is 66.1 Å². The fraction of sp³-hybridized carbons (Fsp3) is 0.158. The number of benzene rings is 2. The largest absolute Gasteiger partial charge is 0.456 e. The molecule has 0 atom stereocenters. The minimum Gasteiger partial charge on any atom is -0.456 e. The van der Waals surface area contributed by atoms with E-state index in [0.29, 0.717) is 34.3 Å². The monoisotopic (exact) mass is 367 g/mol. The summed E-state index contributed by atoms with van der Waals surface area (Å²) >= 11 is 0. The molecule has 8 heteroatoms. The third-order valence-corrected chi connectivity index (χ3v) is 3.81. The molecule has 0 amide bonds. The molecule has 0 spiro atoms. The maximum Gasteiger partial charge on any atom is 0.306 e. The predicted molar refractivity (Wildman–Crippen MR) is 91.8 cm³/mol. The number of hydrogen-bond donors (Lipinski definition) is 0. The number of rotatable bonds is 6. The summed E-state index contributed by atoms with van der Waals surface area (Å²) < 4.78 is 28.7. The Balaban J connectivity index is 1.29. The first-order valence-corrected chi connectivity index (χ1v) is 8.26. The Morgan fingerprint density at radius 1 is 1.04 bits per heavy atom. The van der Waals surface area contributed by atoms with Crippen molar-refractivity contribution in [3.8, 4) is 11.4 Å². The molecule has 0 bridgehead atoms. The lowest BCUT2D eigenvalue weighted by Gasteiger charge is -2.00. The van der Waals surface area contributed by atoms with Crippen LogP contribution in [0.4, 0.5) is 4.39 Å². The van der Waals surface area contributed by atoms with Crippen LogP contribution in [-0.2, 0) is 22.6 Å². The van der Waals surface area contributed by atoms with E-state index >= 15 is 0 Å². The molecule has 4 rings (SSSR count). The zero-order valence-corrected chi connectivity index (χ0v) is 14.1. The molecule has 0 aliphatic heterocycles. The molecule has 4 aromatic rings. The molecule has 0 unspecified atom stereocenters. The molecule has 0 aliphatic rings. The van der Waals surface area contributed by atoms with Crippen LogP contribution in [0.5, 0.6) is 0 Å². The molecule has 2 heterocycles. The van der Waals surface area contributed by atoms with Crippen molar-refractivity contribution >= 4 is 17.1 Å².